The highest BCUT2D eigenvalue weighted by molar-refractivity contribution is 5.95. The number of amides is 1. The van der Waals surface area contributed by atoms with Crippen molar-refractivity contribution in [2.24, 2.45) is 0 Å². The van der Waals surface area contributed by atoms with Gasteiger partial charge in [0, 0.05) is 28.8 Å². The van der Waals surface area contributed by atoms with Crippen LogP contribution in [0.25, 0.3) is 0 Å². The summed E-state index contributed by atoms with van der Waals surface area (Å²) in [6.45, 7) is 15.0. The number of nitrogens with one attached hydrogen (secondary N) is 2. The molecule has 0 fully saturated rings. The van der Waals surface area contributed by atoms with Crippen LogP contribution in [0, 0.1) is 0 Å². The highest BCUT2D eigenvalue weighted by atomic mass is 16.1. The molecule has 0 aliphatic carbocycles. The summed E-state index contributed by atoms with van der Waals surface area (Å²) in [5, 5.41) is 6.18. The summed E-state index contributed by atoms with van der Waals surface area (Å²) in [6, 6.07) is 3.68. The Hall–Kier alpha value is -1.58. The molecule has 0 aliphatic rings. The first kappa shape index (κ1) is 16.5. The van der Waals surface area contributed by atoms with E-state index in [1.54, 1.807) is 6.07 Å². The number of anilines is 1. The van der Waals surface area contributed by atoms with Crippen LogP contribution in [0.15, 0.2) is 12.1 Å². The quantitative estimate of drug-likeness (QED) is 0.891. The lowest BCUT2D eigenvalue weighted by Gasteiger charge is -2.23. The Morgan fingerprint density at radius 2 is 1.75 bits per heavy atom. The molecule has 1 heterocycles. The minimum Gasteiger partial charge on any atom is -0.370 e. The van der Waals surface area contributed by atoms with Crippen LogP contribution in [0.1, 0.15) is 64.5 Å². The van der Waals surface area contributed by atoms with Crippen molar-refractivity contribution >= 4 is 11.7 Å². The highest BCUT2D eigenvalue weighted by Crippen LogP contribution is 2.23. The zero-order valence-corrected chi connectivity index (χ0v) is 13.7. The standard InChI is InChI=1S/C16H27N3O/c1-8-17-13-10-11(14(20)19-16(5,6)7)9-12(18-13)15(2,3)4/h9-10H,8H2,1-7H3,(H,17,18)(H,19,20). The number of carbonyl (C=O) groups excluding carboxylic acids is 1. The predicted octanol–water partition coefficient (Wildman–Crippen LogP) is 3.34. The van der Waals surface area contributed by atoms with Crippen molar-refractivity contribution < 1.29 is 4.79 Å². The summed E-state index contributed by atoms with van der Waals surface area (Å²) in [7, 11) is 0. The Balaban J connectivity index is 3.18. The second-order valence-electron chi connectivity index (χ2n) is 7.11. The fraction of sp³-hybridized carbons (Fsp3) is 0.625. The van der Waals surface area contributed by atoms with Gasteiger partial charge in [-0.2, -0.15) is 0 Å². The topological polar surface area (TPSA) is 54.0 Å². The van der Waals surface area contributed by atoms with E-state index in [1.807, 2.05) is 33.8 Å². The molecule has 0 atom stereocenters. The Labute approximate surface area is 122 Å². The van der Waals surface area contributed by atoms with Crippen LogP contribution >= 0.6 is 0 Å². The Morgan fingerprint density at radius 3 is 2.20 bits per heavy atom. The van der Waals surface area contributed by atoms with Crippen molar-refractivity contribution in [3.05, 3.63) is 23.4 Å². The summed E-state index contributed by atoms with van der Waals surface area (Å²) in [5.41, 5.74) is 1.22. The average Bonchev–Trinajstić information content (AvgIpc) is 2.25. The van der Waals surface area contributed by atoms with E-state index >= 15 is 0 Å². The second-order valence-corrected chi connectivity index (χ2v) is 7.11. The molecule has 1 amide bonds. The Kier molecular flexibility index (Phi) is 4.79. The summed E-state index contributed by atoms with van der Waals surface area (Å²) in [5.74, 6) is 0.684. The van der Waals surface area contributed by atoms with Crippen molar-refractivity contribution in [3.8, 4) is 0 Å². The maximum Gasteiger partial charge on any atom is 0.251 e. The van der Waals surface area contributed by atoms with Gasteiger partial charge in [-0.3, -0.25) is 4.79 Å². The molecule has 0 unspecified atom stereocenters. The van der Waals surface area contributed by atoms with Gasteiger partial charge in [0.15, 0.2) is 0 Å². The van der Waals surface area contributed by atoms with Gasteiger partial charge < -0.3 is 10.6 Å². The number of rotatable bonds is 3. The fourth-order valence-corrected chi connectivity index (χ4v) is 1.73. The molecule has 20 heavy (non-hydrogen) atoms. The summed E-state index contributed by atoms with van der Waals surface area (Å²) >= 11 is 0. The number of nitrogens with zero attached hydrogens (tertiary/aromatic N) is 1. The molecule has 2 N–H and O–H groups in total. The lowest BCUT2D eigenvalue weighted by Crippen LogP contribution is -2.40. The molecule has 0 bridgehead atoms. The van der Waals surface area contributed by atoms with Crippen LogP contribution in [-0.4, -0.2) is 23.0 Å². The molecular formula is C16H27N3O. The van der Waals surface area contributed by atoms with E-state index < -0.39 is 0 Å². The molecule has 0 saturated carbocycles. The van der Waals surface area contributed by atoms with Crippen LogP contribution in [0.3, 0.4) is 0 Å². The van der Waals surface area contributed by atoms with Gasteiger partial charge in [0.1, 0.15) is 5.82 Å². The van der Waals surface area contributed by atoms with Gasteiger partial charge in [-0.1, -0.05) is 20.8 Å². The van der Waals surface area contributed by atoms with E-state index in [9.17, 15) is 4.79 Å². The lowest BCUT2D eigenvalue weighted by atomic mass is 9.90. The molecule has 1 aromatic heterocycles. The molecule has 0 spiro atoms. The predicted molar refractivity (Wildman–Crippen MR) is 84.3 cm³/mol. The van der Waals surface area contributed by atoms with Gasteiger partial charge >= 0.3 is 0 Å². The highest BCUT2D eigenvalue weighted by Gasteiger charge is 2.21. The second kappa shape index (κ2) is 5.81. The summed E-state index contributed by atoms with van der Waals surface area (Å²) in [6.07, 6.45) is 0. The molecule has 0 aromatic carbocycles. The van der Waals surface area contributed by atoms with Crippen molar-refractivity contribution in [2.45, 2.75) is 59.4 Å². The largest absolute Gasteiger partial charge is 0.370 e. The van der Waals surface area contributed by atoms with Gasteiger partial charge in [-0.05, 0) is 39.8 Å². The molecule has 4 heteroatoms. The summed E-state index contributed by atoms with van der Waals surface area (Å²) < 4.78 is 0. The first-order chi connectivity index (χ1) is 9.03. The van der Waals surface area contributed by atoms with Crippen molar-refractivity contribution in [3.63, 3.8) is 0 Å². The molecule has 0 saturated heterocycles. The van der Waals surface area contributed by atoms with Crippen LogP contribution in [0.4, 0.5) is 5.82 Å². The van der Waals surface area contributed by atoms with Crippen molar-refractivity contribution in [1.29, 1.82) is 0 Å². The molecule has 0 radical (unpaired) electrons. The molecule has 0 aliphatic heterocycles. The fourth-order valence-electron chi connectivity index (χ4n) is 1.73. The van der Waals surface area contributed by atoms with Gasteiger partial charge in [0.25, 0.3) is 5.91 Å². The third-order valence-electron chi connectivity index (χ3n) is 2.70. The molecule has 1 aromatic rings. The number of pyridine rings is 1. The minimum atomic E-state index is -0.249. The Morgan fingerprint density at radius 1 is 1.15 bits per heavy atom. The van der Waals surface area contributed by atoms with E-state index in [4.69, 9.17) is 0 Å². The van der Waals surface area contributed by atoms with Gasteiger partial charge in [-0.25, -0.2) is 4.98 Å². The smallest absolute Gasteiger partial charge is 0.251 e. The average molecular weight is 277 g/mol. The van der Waals surface area contributed by atoms with Gasteiger partial charge in [0.05, 0.1) is 0 Å². The van der Waals surface area contributed by atoms with Crippen LogP contribution in [0.5, 0.6) is 0 Å². The van der Waals surface area contributed by atoms with E-state index in [0.717, 1.165) is 18.1 Å². The molecule has 4 nitrogen and oxygen atoms in total. The van der Waals surface area contributed by atoms with Crippen LogP contribution < -0.4 is 10.6 Å². The number of hydrogen-bond acceptors (Lipinski definition) is 3. The molecular weight excluding hydrogens is 250 g/mol. The monoisotopic (exact) mass is 277 g/mol. The molecule has 1 rings (SSSR count). The van der Waals surface area contributed by atoms with E-state index in [1.165, 1.54) is 0 Å². The van der Waals surface area contributed by atoms with Crippen molar-refractivity contribution in [2.75, 3.05) is 11.9 Å². The number of carbonyl (C=O) groups is 1. The van der Waals surface area contributed by atoms with E-state index in [0.29, 0.717) is 5.56 Å². The lowest BCUT2D eigenvalue weighted by molar-refractivity contribution is 0.0919. The van der Waals surface area contributed by atoms with E-state index in [2.05, 4.69) is 36.4 Å². The van der Waals surface area contributed by atoms with Gasteiger partial charge in [0.2, 0.25) is 0 Å². The SMILES string of the molecule is CCNc1cc(C(=O)NC(C)(C)C)cc(C(C)(C)C)n1. The zero-order valence-electron chi connectivity index (χ0n) is 13.7. The van der Waals surface area contributed by atoms with Crippen LogP contribution in [0.2, 0.25) is 0 Å². The van der Waals surface area contributed by atoms with Crippen LogP contribution in [-0.2, 0) is 5.41 Å². The Bertz CT molecular complexity index is 481. The molecule has 112 valence electrons. The minimum absolute atomic E-state index is 0.0652. The first-order valence-corrected chi connectivity index (χ1v) is 7.12. The van der Waals surface area contributed by atoms with E-state index in [-0.39, 0.29) is 16.9 Å². The maximum atomic E-state index is 12.3. The third-order valence-corrected chi connectivity index (χ3v) is 2.70. The zero-order chi connectivity index (χ0) is 15.6. The summed E-state index contributed by atoms with van der Waals surface area (Å²) in [4.78, 5) is 16.9. The van der Waals surface area contributed by atoms with Crippen molar-refractivity contribution in [1.82, 2.24) is 10.3 Å². The third kappa shape index (κ3) is 4.83. The normalized spacial score (nSPS) is 12.2. The maximum absolute atomic E-state index is 12.3. The van der Waals surface area contributed by atoms with Gasteiger partial charge in [-0.15, -0.1) is 0 Å². The number of hydrogen-bond donors (Lipinski definition) is 2. The first-order valence-electron chi connectivity index (χ1n) is 7.12. The number of aromatic nitrogens is 1.